The number of nitrogens with zero attached hydrogens (tertiary/aromatic N) is 1. The van der Waals surface area contributed by atoms with E-state index in [2.05, 4.69) is 15.6 Å². The summed E-state index contributed by atoms with van der Waals surface area (Å²) in [7, 11) is 1.61. The fraction of sp³-hybridized carbons (Fsp3) is 0.300. The van der Waals surface area contributed by atoms with Crippen molar-refractivity contribution in [2.45, 2.75) is 26.3 Å². The van der Waals surface area contributed by atoms with Gasteiger partial charge in [0, 0.05) is 30.6 Å². The lowest BCUT2D eigenvalue weighted by molar-refractivity contribution is 0.0953. The zero-order valence-electron chi connectivity index (χ0n) is 22.5. The predicted molar refractivity (Wildman–Crippen MR) is 152 cm³/mol. The van der Waals surface area contributed by atoms with Gasteiger partial charge in [-0.05, 0) is 53.9 Å². The summed E-state index contributed by atoms with van der Waals surface area (Å²) >= 11 is 6.12. The molecule has 0 bridgehead atoms. The molecular weight excluding hydrogens is 534 g/mol. The quantitative estimate of drug-likeness (QED) is 0.207. The van der Waals surface area contributed by atoms with E-state index in [1.807, 2.05) is 38.1 Å². The average molecular weight is 564 g/mol. The Balaban J connectivity index is 1.38. The molecule has 10 heteroatoms. The highest BCUT2D eigenvalue weighted by Gasteiger charge is 2.26. The molecule has 1 amide bonds. The molecule has 0 radical (unpaired) electrons. The molecule has 4 aromatic rings. The van der Waals surface area contributed by atoms with Gasteiger partial charge in [-0.1, -0.05) is 37.6 Å². The normalized spacial score (nSPS) is 13.0. The standard InChI is InChI=1S/C30H30ClN3O6/c1-17(2)26(32-11-12-33-29(36)19-7-9-23-24(15-19)39-16-38-23)28-22(14-18-5-4-6-20(13-18)37-3)27(35)21-8-10-25(31)34-30(21)40-28/h4-10,13,15,17,26,32H,11-12,14,16H2,1-3H3,(H,33,36). The van der Waals surface area contributed by atoms with E-state index in [4.69, 9.17) is 30.2 Å². The van der Waals surface area contributed by atoms with Gasteiger partial charge in [0.25, 0.3) is 5.91 Å². The molecule has 0 spiro atoms. The molecule has 1 atom stereocenters. The summed E-state index contributed by atoms with van der Waals surface area (Å²) in [5, 5.41) is 6.98. The van der Waals surface area contributed by atoms with Crippen LogP contribution in [0.1, 0.15) is 47.1 Å². The monoisotopic (exact) mass is 563 g/mol. The molecule has 1 unspecified atom stereocenters. The first kappa shape index (κ1) is 27.5. The predicted octanol–water partition coefficient (Wildman–Crippen LogP) is 4.89. The van der Waals surface area contributed by atoms with E-state index in [9.17, 15) is 9.59 Å². The van der Waals surface area contributed by atoms with E-state index in [1.54, 1.807) is 37.4 Å². The molecule has 2 aromatic heterocycles. The molecule has 208 valence electrons. The largest absolute Gasteiger partial charge is 0.497 e. The van der Waals surface area contributed by atoms with Crippen LogP contribution in [0.3, 0.4) is 0 Å². The van der Waals surface area contributed by atoms with Gasteiger partial charge in [0.05, 0.1) is 18.5 Å². The Morgan fingerprint density at radius 1 is 1.07 bits per heavy atom. The minimum absolute atomic E-state index is 0.0494. The number of nitrogens with one attached hydrogen (secondary N) is 2. The maximum Gasteiger partial charge on any atom is 0.251 e. The molecule has 0 fully saturated rings. The summed E-state index contributed by atoms with van der Waals surface area (Å²) in [5.41, 5.74) is 1.94. The van der Waals surface area contributed by atoms with E-state index in [1.165, 1.54) is 0 Å². The number of halogens is 1. The molecule has 1 aliphatic rings. The number of hydrogen-bond donors (Lipinski definition) is 2. The number of carbonyl (C=O) groups excluding carboxylic acids is 1. The average Bonchev–Trinajstić information content (AvgIpc) is 3.42. The molecule has 0 saturated heterocycles. The second-order valence-electron chi connectivity index (χ2n) is 9.79. The van der Waals surface area contributed by atoms with Gasteiger partial charge < -0.3 is 29.3 Å². The van der Waals surface area contributed by atoms with Crippen molar-refractivity contribution < 1.29 is 23.4 Å². The third-order valence-electron chi connectivity index (χ3n) is 6.72. The number of ether oxygens (including phenoxy) is 3. The molecule has 5 rings (SSSR count). The molecular formula is C30H30ClN3O6. The van der Waals surface area contributed by atoms with E-state index in [-0.39, 0.29) is 41.0 Å². The third kappa shape index (κ3) is 5.90. The summed E-state index contributed by atoms with van der Waals surface area (Å²) in [6.45, 7) is 5.00. The molecule has 1 aliphatic heterocycles. The summed E-state index contributed by atoms with van der Waals surface area (Å²) in [4.78, 5) is 30.7. The van der Waals surface area contributed by atoms with Gasteiger partial charge in [-0.25, -0.2) is 4.98 Å². The first-order valence-electron chi connectivity index (χ1n) is 13.0. The van der Waals surface area contributed by atoms with Gasteiger partial charge >= 0.3 is 0 Å². The molecule has 3 heterocycles. The summed E-state index contributed by atoms with van der Waals surface area (Å²) in [5.74, 6) is 2.19. The molecule has 2 N–H and O–H groups in total. The first-order chi connectivity index (χ1) is 19.3. The van der Waals surface area contributed by atoms with Crippen LogP contribution >= 0.6 is 11.6 Å². The molecule has 40 heavy (non-hydrogen) atoms. The van der Waals surface area contributed by atoms with E-state index < -0.39 is 0 Å². The number of rotatable bonds is 10. The third-order valence-corrected chi connectivity index (χ3v) is 6.93. The van der Waals surface area contributed by atoms with Gasteiger partial charge in [-0.2, -0.15) is 0 Å². The summed E-state index contributed by atoms with van der Waals surface area (Å²) in [6.07, 6.45) is 0.346. The zero-order chi connectivity index (χ0) is 28.2. The van der Waals surface area contributed by atoms with Crippen molar-refractivity contribution in [3.05, 3.63) is 92.4 Å². The van der Waals surface area contributed by atoms with Gasteiger partial charge in [0.1, 0.15) is 16.7 Å². The maximum atomic E-state index is 13.7. The molecule has 9 nitrogen and oxygen atoms in total. The number of amides is 1. The fourth-order valence-corrected chi connectivity index (χ4v) is 4.83. The van der Waals surface area contributed by atoms with Crippen LogP contribution in [0.25, 0.3) is 11.1 Å². The van der Waals surface area contributed by atoms with Gasteiger partial charge in [0.2, 0.25) is 12.5 Å². The molecule has 0 aliphatic carbocycles. The second kappa shape index (κ2) is 12.0. The number of benzene rings is 2. The second-order valence-corrected chi connectivity index (χ2v) is 10.2. The van der Waals surface area contributed by atoms with Crippen molar-refractivity contribution in [1.29, 1.82) is 0 Å². The van der Waals surface area contributed by atoms with Crippen molar-refractivity contribution >= 4 is 28.6 Å². The Labute approximate surface area is 236 Å². The number of methoxy groups -OCH3 is 1. The Morgan fingerprint density at radius 2 is 1.90 bits per heavy atom. The lowest BCUT2D eigenvalue weighted by Gasteiger charge is -2.24. The molecule has 2 aromatic carbocycles. The minimum Gasteiger partial charge on any atom is -0.497 e. The van der Waals surface area contributed by atoms with Crippen molar-refractivity contribution in [2.75, 3.05) is 27.0 Å². The van der Waals surface area contributed by atoms with Crippen LogP contribution in [0.4, 0.5) is 0 Å². The number of fused-ring (bicyclic) bond motifs is 2. The highest BCUT2D eigenvalue weighted by Crippen LogP contribution is 2.32. The van der Waals surface area contributed by atoms with E-state index in [0.717, 1.165) is 5.56 Å². The zero-order valence-corrected chi connectivity index (χ0v) is 23.2. The number of carbonyl (C=O) groups is 1. The topological polar surface area (TPSA) is 112 Å². The minimum atomic E-state index is -0.332. The van der Waals surface area contributed by atoms with Crippen LogP contribution in [-0.4, -0.2) is 37.9 Å². The smallest absolute Gasteiger partial charge is 0.251 e. The number of pyridine rings is 1. The first-order valence-corrected chi connectivity index (χ1v) is 13.4. The van der Waals surface area contributed by atoms with Crippen LogP contribution in [0, 0.1) is 5.92 Å². The number of aromatic nitrogens is 1. The Hall–Kier alpha value is -4.08. The highest BCUT2D eigenvalue weighted by molar-refractivity contribution is 6.29. The van der Waals surface area contributed by atoms with Crippen LogP contribution in [0.5, 0.6) is 17.2 Å². The van der Waals surface area contributed by atoms with Gasteiger partial charge in [-0.3, -0.25) is 9.59 Å². The van der Waals surface area contributed by atoms with Gasteiger partial charge in [0.15, 0.2) is 16.9 Å². The van der Waals surface area contributed by atoms with Gasteiger partial charge in [-0.15, -0.1) is 0 Å². The van der Waals surface area contributed by atoms with E-state index >= 15 is 0 Å². The summed E-state index contributed by atoms with van der Waals surface area (Å²) in [6, 6.07) is 15.5. The SMILES string of the molecule is COc1cccc(Cc2c(C(NCCNC(=O)c3ccc4c(c3)OCO4)C(C)C)oc3nc(Cl)ccc3c2=O)c1. The lowest BCUT2D eigenvalue weighted by atomic mass is 9.93. The van der Waals surface area contributed by atoms with Crippen molar-refractivity contribution in [3.8, 4) is 17.2 Å². The maximum absolute atomic E-state index is 13.7. The van der Waals surface area contributed by atoms with Crippen LogP contribution < -0.4 is 30.3 Å². The fourth-order valence-electron chi connectivity index (χ4n) is 4.69. The molecule has 0 saturated carbocycles. The number of hydrogen-bond acceptors (Lipinski definition) is 8. The van der Waals surface area contributed by atoms with Crippen LogP contribution in [0.2, 0.25) is 5.15 Å². The van der Waals surface area contributed by atoms with Crippen molar-refractivity contribution in [2.24, 2.45) is 5.92 Å². The van der Waals surface area contributed by atoms with E-state index in [0.29, 0.717) is 59.0 Å². The Morgan fingerprint density at radius 3 is 2.70 bits per heavy atom. The van der Waals surface area contributed by atoms with Crippen molar-refractivity contribution in [3.63, 3.8) is 0 Å². The Bertz CT molecular complexity index is 1600. The summed E-state index contributed by atoms with van der Waals surface area (Å²) < 4.78 is 22.3. The highest BCUT2D eigenvalue weighted by atomic mass is 35.5. The van der Waals surface area contributed by atoms with Crippen molar-refractivity contribution in [1.82, 2.24) is 15.6 Å². The lowest BCUT2D eigenvalue weighted by Crippen LogP contribution is -2.36. The Kier molecular flexibility index (Phi) is 8.23. The van der Waals surface area contributed by atoms with Crippen LogP contribution in [0.15, 0.2) is 63.8 Å². The van der Waals surface area contributed by atoms with Crippen LogP contribution in [-0.2, 0) is 6.42 Å².